The lowest BCUT2D eigenvalue weighted by Crippen LogP contribution is -2.37. The SMILES string of the molecule is COCCc1oc([C@H](C(C)C)N2C(=O)c3ccccc3C2=O)nc1C(=O)N[C@H](C)c1ccccc1. The van der Waals surface area contributed by atoms with Gasteiger partial charge in [-0.2, -0.15) is 0 Å². The number of benzene rings is 2. The molecule has 0 spiro atoms. The Balaban J connectivity index is 1.68. The first-order valence-corrected chi connectivity index (χ1v) is 11.6. The van der Waals surface area contributed by atoms with E-state index in [1.165, 1.54) is 4.90 Å². The average Bonchev–Trinajstić information content (AvgIpc) is 3.38. The van der Waals surface area contributed by atoms with Crippen molar-refractivity contribution in [2.45, 2.75) is 39.3 Å². The molecule has 8 nitrogen and oxygen atoms in total. The number of carbonyl (C=O) groups is 3. The Morgan fingerprint density at radius 3 is 2.17 bits per heavy atom. The van der Waals surface area contributed by atoms with Gasteiger partial charge < -0.3 is 14.5 Å². The topological polar surface area (TPSA) is 102 Å². The number of oxazole rings is 1. The zero-order valence-electron chi connectivity index (χ0n) is 20.3. The van der Waals surface area contributed by atoms with Gasteiger partial charge in [0.25, 0.3) is 17.7 Å². The van der Waals surface area contributed by atoms with Crippen LogP contribution >= 0.6 is 0 Å². The van der Waals surface area contributed by atoms with Crippen LogP contribution in [0.4, 0.5) is 0 Å². The number of hydrogen-bond donors (Lipinski definition) is 1. The van der Waals surface area contributed by atoms with Gasteiger partial charge in [0, 0.05) is 13.5 Å². The number of amides is 3. The van der Waals surface area contributed by atoms with Gasteiger partial charge in [0.05, 0.1) is 23.8 Å². The van der Waals surface area contributed by atoms with Crippen molar-refractivity contribution in [3.8, 4) is 0 Å². The van der Waals surface area contributed by atoms with E-state index in [0.29, 0.717) is 29.9 Å². The molecule has 0 saturated carbocycles. The van der Waals surface area contributed by atoms with Gasteiger partial charge in [-0.05, 0) is 30.5 Å². The summed E-state index contributed by atoms with van der Waals surface area (Å²) < 4.78 is 11.2. The van der Waals surface area contributed by atoms with Crippen molar-refractivity contribution in [3.63, 3.8) is 0 Å². The third-order valence-corrected chi connectivity index (χ3v) is 6.10. The summed E-state index contributed by atoms with van der Waals surface area (Å²) in [5.74, 6) is -0.896. The first kappa shape index (κ1) is 24.3. The van der Waals surface area contributed by atoms with E-state index in [0.717, 1.165) is 5.56 Å². The fourth-order valence-electron chi connectivity index (χ4n) is 4.28. The first-order valence-electron chi connectivity index (χ1n) is 11.6. The highest BCUT2D eigenvalue weighted by molar-refractivity contribution is 6.21. The molecule has 3 aromatic rings. The molecule has 4 rings (SSSR count). The van der Waals surface area contributed by atoms with E-state index in [1.807, 2.05) is 51.1 Å². The standard InChI is InChI=1S/C27H29N3O5/c1-16(2)23(30-26(32)19-12-8-9-13-20(19)27(30)33)25-29-22(21(35-25)14-15-34-4)24(31)28-17(3)18-10-6-5-7-11-18/h5-13,16-17,23H,14-15H2,1-4H3,(H,28,31)/t17-,23+/m1/s1. The molecule has 1 aliphatic heterocycles. The zero-order chi connectivity index (χ0) is 25.1. The number of hydrogen-bond acceptors (Lipinski definition) is 6. The van der Waals surface area contributed by atoms with Crippen LogP contribution in [-0.2, 0) is 11.2 Å². The third-order valence-electron chi connectivity index (χ3n) is 6.10. The average molecular weight is 476 g/mol. The molecule has 0 aliphatic carbocycles. The van der Waals surface area contributed by atoms with Crippen LogP contribution in [0.5, 0.6) is 0 Å². The summed E-state index contributed by atoms with van der Waals surface area (Å²) in [5, 5.41) is 2.96. The number of fused-ring (bicyclic) bond motifs is 1. The highest BCUT2D eigenvalue weighted by Crippen LogP contribution is 2.36. The van der Waals surface area contributed by atoms with E-state index in [1.54, 1.807) is 31.4 Å². The molecule has 0 radical (unpaired) electrons. The molecule has 2 aromatic carbocycles. The molecule has 0 saturated heterocycles. The van der Waals surface area contributed by atoms with Crippen LogP contribution in [0.25, 0.3) is 0 Å². The lowest BCUT2D eigenvalue weighted by atomic mass is 10.0. The van der Waals surface area contributed by atoms with Crippen LogP contribution in [0, 0.1) is 5.92 Å². The summed E-state index contributed by atoms with van der Waals surface area (Å²) in [5.41, 5.74) is 1.78. The Kier molecular flexibility index (Phi) is 7.12. The maximum absolute atomic E-state index is 13.2. The Bertz CT molecular complexity index is 1200. The van der Waals surface area contributed by atoms with E-state index >= 15 is 0 Å². The molecular weight excluding hydrogens is 446 g/mol. The van der Waals surface area contributed by atoms with Crippen molar-refractivity contribution >= 4 is 17.7 Å². The summed E-state index contributed by atoms with van der Waals surface area (Å²) in [6.07, 6.45) is 0.318. The van der Waals surface area contributed by atoms with Gasteiger partial charge >= 0.3 is 0 Å². The predicted molar refractivity (Wildman–Crippen MR) is 129 cm³/mol. The fourth-order valence-corrected chi connectivity index (χ4v) is 4.28. The number of nitrogens with zero attached hydrogens (tertiary/aromatic N) is 2. The number of aromatic nitrogens is 1. The number of imide groups is 1. The van der Waals surface area contributed by atoms with Crippen LogP contribution in [-0.4, -0.2) is 41.3 Å². The second-order valence-corrected chi connectivity index (χ2v) is 8.89. The van der Waals surface area contributed by atoms with Crippen molar-refractivity contribution < 1.29 is 23.5 Å². The monoisotopic (exact) mass is 475 g/mol. The van der Waals surface area contributed by atoms with E-state index in [4.69, 9.17) is 9.15 Å². The molecule has 1 aliphatic rings. The molecule has 2 heterocycles. The fraction of sp³-hybridized carbons (Fsp3) is 0.333. The molecule has 182 valence electrons. The third kappa shape index (κ3) is 4.74. The molecule has 0 bridgehead atoms. The lowest BCUT2D eigenvalue weighted by molar-refractivity contribution is 0.0503. The molecule has 1 N–H and O–H groups in total. The summed E-state index contributed by atoms with van der Waals surface area (Å²) in [4.78, 5) is 45.3. The second kappa shape index (κ2) is 10.2. The number of rotatable bonds is 9. The largest absolute Gasteiger partial charge is 0.442 e. The Hall–Kier alpha value is -3.78. The first-order chi connectivity index (χ1) is 16.8. The van der Waals surface area contributed by atoms with Crippen molar-refractivity contribution in [2.24, 2.45) is 5.92 Å². The number of ether oxygens (including phenoxy) is 1. The molecule has 35 heavy (non-hydrogen) atoms. The minimum atomic E-state index is -0.767. The van der Waals surface area contributed by atoms with E-state index < -0.39 is 23.8 Å². The van der Waals surface area contributed by atoms with E-state index in [2.05, 4.69) is 10.3 Å². The molecule has 1 aromatic heterocycles. The smallest absolute Gasteiger partial charge is 0.274 e. The van der Waals surface area contributed by atoms with Gasteiger partial charge in [0.1, 0.15) is 11.8 Å². The molecular formula is C27H29N3O5. The quantitative estimate of drug-likeness (QED) is 0.462. The van der Waals surface area contributed by atoms with Gasteiger partial charge in [-0.1, -0.05) is 56.3 Å². The normalized spacial score (nSPS) is 14.8. The van der Waals surface area contributed by atoms with Gasteiger partial charge in [-0.25, -0.2) is 4.98 Å². The maximum atomic E-state index is 13.2. The molecule has 3 amide bonds. The minimum absolute atomic E-state index is 0.127. The van der Waals surface area contributed by atoms with Gasteiger partial charge in [0.2, 0.25) is 5.89 Å². The van der Waals surface area contributed by atoms with Crippen LogP contribution in [0.1, 0.15) is 81.3 Å². The molecule has 2 atom stereocenters. The van der Waals surface area contributed by atoms with Crippen molar-refractivity contribution in [1.82, 2.24) is 15.2 Å². The Morgan fingerprint density at radius 1 is 1.00 bits per heavy atom. The lowest BCUT2D eigenvalue weighted by Gasteiger charge is -2.26. The van der Waals surface area contributed by atoms with Crippen LogP contribution in [0.2, 0.25) is 0 Å². The molecule has 0 fully saturated rings. The van der Waals surface area contributed by atoms with Gasteiger partial charge in [-0.15, -0.1) is 0 Å². The number of nitrogens with one attached hydrogen (secondary N) is 1. The van der Waals surface area contributed by atoms with Crippen molar-refractivity contribution in [3.05, 3.63) is 88.6 Å². The molecule has 8 heteroatoms. The summed E-state index contributed by atoms with van der Waals surface area (Å²) in [6, 6.07) is 15.3. The van der Waals surface area contributed by atoms with Crippen molar-refractivity contribution in [1.29, 1.82) is 0 Å². The van der Waals surface area contributed by atoms with Crippen LogP contribution in [0.3, 0.4) is 0 Å². The highest BCUT2D eigenvalue weighted by atomic mass is 16.5. The van der Waals surface area contributed by atoms with Crippen LogP contribution < -0.4 is 5.32 Å². The second-order valence-electron chi connectivity index (χ2n) is 8.89. The Morgan fingerprint density at radius 2 is 1.60 bits per heavy atom. The molecule has 0 unspecified atom stereocenters. The highest BCUT2D eigenvalue weighted by Gasteiger charge is 2.44. The maximum Gasteiger partial charge on any atom is 0.274 e. The van der Waals surface area contributed by atoms with E-state index in [9.17, 15) is 14.4 Å². The minimum Gasteiger partial charge on any atom is -0.442 e. The summed E-state index contributed by atoms with van der Waals surface area (Å²) in [6.45, 7) is 5.97. The van der Waals surface area contributed by atoms with Crippen LogP contribution in [0.15, 0.2) is 59.0 Å². The van der Waals surface area contributed by atoms with Gasteiger partial charge in [0.15, 0.2) is 5.69 Å². The zero-order valence-corrected chi connectivity index (χ0v) is 20.3. The number of carbonyl (C=O) groups excluding carboxylic acids is 3. The number of methoxy groups -OCH3 is 1. The van der Waals surface area contributed by atoms with Crippen molar-refractivity contribution in [2.75, 3.05) is 13.7 Å². The summed E-state index contributed by atoms with van der Waals surface area (Å²) >= 11 is 0. The predicted octanol–water partition coefficient (Wildman–Crippen LogP) is 4.35. The van der Waals surface area contributed by atoms with E-state index in [-0.39, 0.29) is 23.5 Å². The van der Waals surface area contributed by atoms with Gasteiger partial charge in [-0.3, -0.25) is 19.3 Å². The Labute approximate surface area is 204 Å². The summed E-state index contributed by atoms with van der Waals surface area (Å²) in [7, 11) is 1.56.